The summed E-state index contributed by atoms with van der Waals surface area (Å²) in [5.41, 5.74) is 2.16. The summed E-state index contributed by atoms with van der Waals surface area (Å²) < 4.78 is 33.2. The van der Waals surface area contributed by atoms with E-state index in [2.05, 4.69) is 4.98 Å². The van der Waals surface area contributed by atoms with Gasteiger partial charge in [0.25, 0.3) is 0 Å². The normalized spacial score (nSPS) is 26.1. The fraction of sp³-hybridized carbons (Fsp3) is 0.421. The lowest BCUT2D eigenvalue weighted by Gasteiger charge is -2.24. The molecule has 2 aliphatic heterocycles. The summed E-state index contributed by atoms with van der Waals surface area (Å²) in [7, 11) is -1.86. The van der Waals surface area contributed by atoms with Gasteiger partial charge in [-0.25, -0.2) is 13.4 Å². The van der Waals surface area contributed by atoms with Crippen LogP contribution in [0.1, 0.15) is 36.3 Å². The minimum absolute atomic E-state index is 0.0199. The summed E-state index contributed by atoms with van der Waals surface area (Å²) in [6.07, 6.45) is 4.53. The molecule has 0 radical (unpaired) electrons. The zero-order valence-corrected chi connectivity index (χ0v) is 15.2. The smallest absolute Gasteiger partial charge is 0.243 e. The van der Waals surface area contributed by atoms with E-state index in [1.54, 1.807) is 23.5 Å². The minimum atomic E-state index is -3.46. The largest absolute Gasteiger partial charge is 0.481 e. The van der Waals surface area contributed by atoms with E-state index in [4.69, 9.17) is 4.74 Å². The molecule has 0 unspecified atom stereocenters. The molecule has 2 bridgehead atoms. The molecule has 2 fully saturated rings. The predicted molar refractivity (Wildman–Crippen MR) is 95.2 cm³/mol. The SMILES string of the molecule is COc1ccc([C@H]2C[C@@H]3CC[C@H]2N3S(=O)(=O)c2ccc(C)cc2)cn1. The molecule has 3 atom stereocenters. The monoisotopic (exact) mass is 358 g/mol. The van der Waals surface area contributed by atoms with Gasteiger partial charge < -0.3 is 4.74 Å². The molecule has 1 aromatic carbocycles. The summed E-state index contributed by atoms with van der Waals surface area (Å²) in [5, 5.41) is 0. The third-order valence-electron chi connectivity index (χ3n) is 5.47. The molecule has 0 spiro atoms. The van der Waals surface area contributed by atoms with Crippen LogP contribution in [0.15, 0.2) is 47.5 Å². The van der Waals surface area contributed by atoms with E-state index in [1.807, 2.05) is 37.4 Å². The van der Waals surface area contributed by atoms with Crippen LogP contribution < -0.4 is 4.74 Å². The van der Waals surface area contributed by atoms with Crippen LogP contribution in [0.4, 0.5) is 0 Å². The van der Waals surface area contributed by atoms with Crippen LogP contribution >= 0.6 is 0 Å². The molecule has 4 rings (SSSR count). The molecular formula is C19H22N2O3S. The molecule has 0 aliphatic carbocycles. The van der Waals surface area contributed by atoms with Crippen molar-refractivity contribution in [2.75, 3.05) is 7.11 Å². The summed E-state index contributed by atoms with van der Waals surface area (Å²) >= 11 is 0. The van der Waals surface area contributed by atoms with Crippen LogP contribution in [0.5, 0.6) is 5.88 Å². The zero-order valence-electron chi connectivity index (χ0n) is 14.4. The van der Waals surface area contributed by atoms with E-state index in [0.29, 0.717) is 10.8 Å². The number of rotatable bonds is 4. The highest BCUT2D eigenvalue weighted by Gasteiger charge is 2.52. The van der Waals surface area contributed by atoms with Crippen LogP contribution in [0.2, 0.25) is 0 Å². The molecule has 2 aliphatic rings. The topological polar surface area (TPSA) is 59.5 Å². The average molecular weight is 358 g/mol. The Labute approximate surface area is 148 Å². The second kappa shape index (κ2) is 6.11. The van der Waals surface area contributed by atoms with Crippen molar-refractivity contribution >= 4 is 10.0 Å². The first-order valence-corrected chi connectivity index (χ1v) is 10.0. The van der Waals surface area contributed by atoms with Crippen molar-refractivity contribution in [3.8, 4) is 5.88 Å². The van der Waals surface area contributed by atoms with Gasteiger partial charge in [0.2, 0.25) is 15.9 Å². The van der Waals surface area contributed by atoms with Crippen molar-refractivity contribution in [2.24, 2.45) is 0 Å². The molecule has 6 heteroatoms. The number of ether oxygens (including phenoxy) is 1. The first-order chi connectivity index (χ1) is 12.0. The Morgan fingerprint density at radius 3 is 2.52 bits per heavy atom. The van der Waals surface area contributed by atoms with Gasteiger partial charge in [0, 0.05) is 30.3 Å². The fourth-order valence-electron chi connectivity index (χ4n) is 4.24. The van der Waals surface area contributed by atoms with Crippen molar-refractivity contribution in [2.45, 2.75) is 49.1 Å². The molecule has 0 amide bonds. The number of pyridine rings is 1. The Balaban J connectivity index is 1.64. The number of hydrogen-bond donors (Lipinski definition) is 0. The van der Waals surface area contributed by atoms with Crippen LogP contribution in [0.25, 0.3) is 0 Å². The first kappa shape index (κ1) is 16.5. The number of methoxy groups -OCH3 is 1. The van der Waals surface area contributed by atoms with E-state index in [-0.39, 0.29) is 18.0 Å². The zero-order chi connectivity index (χ0) is 17.6. The maximum absolute atomic E-state index is 13.2. The highest BCUT2D eigenvalue weighted by Crippen LogP contribution is 2.49. The number of benzene rings is 1. The molecular weight excluding hydrogens is 336 g/mol. The summed E-state index contributed by atoms with van der Waals surface area (Å²) in [6, 6.07) is 11.1. The first-order valence-electron chi connectivity index (χ1n) is 8.61. The maximum Gasteiger partial charge on any atom is 0.243 e. The lowest BCUT2D eigenvalue weighted by atomic mass is 9.85. The Bertz CT molecular complexity index is 863. The van der Waals surface area contributed by atoms with Gasteiger partial charge in [-0.1, -0.05) is 23.8 Å². The van der Waals surface area contributed by atoms with Crippen LogP contribution in [-0.4, -0.2) is 36.9 Å². The Morgan fingerprint density at radius 1 is 1.12 bits per heavy atom. The van der Waals surface area contributed by atoms with E-state index in [0.717, 1.165) is 30.4 Å². The van der Waals surface area contributed by atoms with Gasteiger partial charge in [0.15, 0.2) is 0 Å². The van der Waals surface area contributed by atoms with E-state index in [1.165, 1.54) is 0 Å². The molecule has 1 aromatic heterocycles. The number of hydrogen-bond acceptors (Lipinski definition) is 4. The van der Waals surface area contributed by atoms with Gasteiger partial charge in [-0.3, -0.25) is 0 Å². The van der Waals surface area contributed by atoms with Crippen LogP contribution in [0, 0.1) is 6.92 Å². The van der Waals surface area contributed by atoms with Gasteiger partial charge in [-0.2, -0.15) is 4.31 Å². The number of nitrogens with zero attached hydrogens (tertiary/aromatic N) is 2. The van der Waals surface area contributed by atoms with Crippen molar-refractivity contribution in [3.05, 3.63) is 53.7 Å². The van der Waals surface area contributed by atoms with Crippen LogP contribution in [-0.2, 0) is 10.0 Å². The standard InChI is InChI=1S/C19H22N2O3S/c1-13-3-7-16(8-4-13)25(22,23)21-15-6-9-18(21)17(11-15)14-5-10-19(24-2)20-12-14/h3-5,7-8,10,12,15,17-18H,6,9,11H2,1-2H3/t15-,17+,18+/m0/s1. The van der Waals surface area contributed by atoms with Gasteiger partial charge in [0.05, 0.1) is 12.0 Å². The Morgan fingerprint density at radius 2 is 1.88 bits per heavy atom. The molecule has 25 heavy (non-hydrogen) atoms. The Hall–Kier alpha value is -1.92. The van der Waals surface area contributed by atoms with Crippen molar-refractivity contribution in [1.29, 1.82) is 0 Å². The number of fused-ring (bicyclic) bond motifs is 2. The highest BCUT2D eigenvalue weighted by molar-refractivity contribution is 7.89. The van der Waals surface area contributed by atoms with Gasteiger partial charge in [-0.05, 0) is 43.9 Å². The number of aryl methyl sites for hydroxylation is 1. The molecule has 3 heterocycles. The molecule has 132 valence electrons. The Kier molecular flexibility index (Phi) is 4.04. The fourth-order valence-corrected chi connectivity index (χ4v) is 6.15. The summed E-state index contributed by atoms with van der Waals surface area (Å²) in [4.78, 5) is 4.68. The second-order valence-corrected chi connectivity index (χ2v) is 8.77. The van der Waals surface area contributed by atoms with E-state index >= 15 is 0 Å². The lowest BCUT2D eigenvalue weighted by Crippen LogP contribution is -2.36. The molecule has 2 aromatic rings. The lowest BCUT2D eigenvalue weighted by molar-refractivity contribution is 0.386. The van der Waals surface area contributed by atoms with Crippen molar-refractivity contribution in [1.82, 2.24) is 9.29 Å². The molecule has 5 nitrogen and oxygen atoms in total. The highest BCUT2D eigenvalue weighted by atomic mass is 32.2. The average Bonchev–Trinajstić information content (AvgIpc) is 3.21. The van der Waals surface area contributed by atoms with E-state index < -0.39 is 10.0 Å². The second-order valence-electron chi connectivity index (χ2n) is 6.92. The molecule has 2 saturated heterocycles. The summed E-state index contributed by atoms with van der Waals surface area (Å²) in [5.74, 6) is 0.786. The molecule has 0 saturated carbocycles. The van der Waals surface area contributed by atoms with Gasteiger partial charge in [0.1, 0.15) is 0 Å². The minimum Gasteiger partial charge on any atom is -0.481 e. The quantitative estimate of drug-likeness (QED) is 0.843. The molecule has 0 N–H and O–H groups in total. The maximum atomic E-state index is 13.2. The number of aromatic nitrogens is 1. The van der Waals surface area contributed by atoms with Crippen LogP contribution in [0.3, 0.4) is 0 Å². The van der Waals surface area contributed by atoms with Gasteiger partial charge in [-0.15, -0.1) is 0 Å². The van der Waals surface area contributed by atoms with Crippen molar-refractivity contribution in [3.63, 3.8) is 0 Å². The number of sulfonamides is 1. The summed E-state index contributed by atoms with van der Waals surface area (Å²) in [6.45, 7) is 1.96. The van der Waals surface area contributed by atoms with Crippen molar-refractivity contribution < 1.29 is 13.2 Å². The van der Waals surface area contributed by atoms with Gasteiger partial charge >= 0.3 is 0 Å². The van der Waals surface area contributed by atoms with E-state index in [9.17, 15) is 8.42 Å². The predicted octanol–water partition coefficient (Wildman–Crippen LogP) is 3.11. The third kappa shape index (κ3) is 2.73. The third-order valence-corrected chi connectivity index (χ3v) is 7.46.